The summed E-state index contributed by atoms with van der Waals surface area (Å²) >= 11 is 0. The van der Waals surface area contributed by atoms with Gasteiger partial charge in [-0.3, -0.25) is 9.59 Å². The lowest BCUT2D eigenvalue weighted by atomic mass is 9.96. The average Bonchev–Trinajstić information content (AvgIpc) is 2.30. The molecule has 1 aliphatic rings. The second-order valence-corrected chi connectivity index (χ2v) is 4.61. The van der Waals surface area contributed by atoms with Crippen LogP contribution in [0, 0.1) is 5.92 Å². The first-order valence-corrected chi connectivity index (χ1v) is 6.49. The van der Waals surface area contributed by atoms with Crippen LogP contribution in [0.5, 0.6) is 0 Å². The van der Waals surface area contributed by atoms with Crippen LogP contribution in [0.4, 0.5) is 0 Å². The largest absolute Gasteiger partial charge is 0.342 e. The number of hydrogen-bond acceptors (Lipinski definition) is 2. The summed E-state index contributed by atoms with van der Waals surface area (Å²) in [5, 5.41) is 0. The predicted molar refractivity (Wildman–Crippen MR) is 64.1 cm³/mol. The molecule has 0 N–H and O–H groups in total. The third-order valence-corrected chi connectivity index (χ3v) is 3.38. The van der Waals surface area contributed by atoms with Gasteiger partial charge in [0.2, 0.25) is 5.91 Å². The van der Waals surface area contributed by atoms with Gasteiger partial charge in [0.05, 0.1) is 0 Å². The van der Waals surface area contributed by atoms with Gasteiger partial charge < -0.3 is 4.90 Å². The molecule has 1 unspecified atom stereocenters. The first-order chi connectivity index (χ1) is 7.69. The van der Waals surface area contributed by atoms with Crippen molar-refractivity contribution in [3.63, 3.8) is 0 Å². The minimum Gasteiger partial charge on any atom is -0.342 e. The highest BCUT2D eigenvalue weighted by molar-refractivity contribution is 5.84. The maximum absolute atomic E-state index is 12.2. The number of likely N-dealkylation sites (tertiary alicyclic amines) is 1. The summed E-state index contributed by atoms with van der Waals surface area (Å²) in [7, 11) is 0. The number of amides is 1. The van der Waals surface area contributed by atoms with Crippen LogP contribution in [0.15, 0.2) is 0 Å². The van der Waals surface area contributed by atoms with Gasteiger partial charge in [-0.15, -0.1) is 0 Å². The molecule has 0 aromatic rings. The number of carbonyl (C=O) groups is 2. The van der Waals surface area contributed by atoms with Crippen molar-refractivity contribution in [2.24, 2.45) is 5.92 Å². The summed E-state index contributed by atoms with van der Waals surface area (Å²) in [6.07, 6.45) is 5.28. The number of nitrogens with zero attached hydrogens (tertiary/aromatic N) is 1. The Bertz CT molecular complexity index is 240. The van der Waals surface area contributed by atoms with Gasteiger partial charge in [-0.05, 0) is 12.8 Å². The monoisotopic (exact) mass is 225 g/mol. The molecule has 3 nitrogen and oxygen atoms in total. The molecule has 0 aromatic heterocycles. The standard InChI is InChI=1S/C13H23NO2/c1-3-5-6-11(4-2)13(16)14-9-7-12(15)8-10-14/h11H,3-10H2,1-2H3. The Morgan fingerprint density at radius 3 is 2.44 bits per heavy atom. The second kappa shape index (κ2) is 6.66. The summed E-state index contributed by atoms with van der Waals surface area (Å²) in [4.78, 5) is 25.1. The molecule has 1 atom stereocenters. The molecule has 1 rings (SSSR count). The van der Waals surface area contributed by atoms with E-state index in [0.29, 0.717) is 31.7 Å². The molecule has 0 aromatic carbocycles. The number of rotatable bonds is 5. The second-order valence-electron chi connectivity index (χ2n) is 4.61. The van der Waals surface area contributed by atoms with Crippen LogP contribution < -0.4 is 0 Å². The van der Waals surface area contributed by atoms with E-state index in [4.69, 9.17) is 0 Å². The first kappa shape index (κ1) is 13.2. The van der Waals surface area contributed by atoms with Gasteiger partial charge in [-0.1, -0.05) is 26.7 Å². The van der Waals surface area contributed by atoms with Gasteiger partial charge in [0.1, 0.15) is 5.78 Å². The predicted octanol–water partition coefficient (Wildman–Crippen LogP) is 2.39. The molecule has 1 fully saturated rings. The van der Waals surface area contributed by atoms with E-state index in [0.717, 1.165) is 25.7 Å². The highest BCUT2D eigenvalue weighted by Gasteiger charge is 2.25. The fraction of sp³-hybridized carbons (Fsp3) is 0.846. The Hall–Kier alpha value is -0.860. The summed E-state index contributed by atoms with van der Waals surface area (Å²) in [6, 6.07) is 0. The van der Waals surface area contributed by atoms with E-state index < -0.39 is 0 Å². The van der Waals surface area contributed by atoms with Crippen molar-refractivity contribution in [2.45, 2.75) is 52.4 Å². The van der Waals surface area contributed by atoms with E-state index in [1.807, 2.05) is 4.90 Å². The number of hydrogen-bond donors (Lipinski definition) is 0. The van der Waals surface area contributed by atoms with Crippen molar-refractivity contribution in [3.8, 4) is 0 Å². The number of Topliss-reactive ketones (excluding diaryl/α,β-unsaturated/α-hetero) is 1. The molecule has 1 amide bonds. The molecule has 92 valence electrons. The molecule has 0 saturated carbocycles. The summed E-state index contributed by atoms with van der Waals surface area (Å²) < 4.78 is 0. The maximum Gasteiger partial charge on any atom is 0.225 e. The quantitative estimate of drug-likeness (QED) is 0.720. The Morgan fingerprint density at radius 2 is 1.94 bits per heavy atom. The fourth-order valence-corrected chi connectivity index (χ4v) is 2.19. The topological polar surface area (TPSA) is 37.4 Å². The van der Waals surface area contributed by atoms with Crippen molar-refractivity contribution in [1.82, 2.24) is 4.90 Å². The third kappa shape index (κ3) is 3.62. The van der Waals surface area contributed by atoms with Crippen molar-refractivity contribution in [3.05, 3.63) is 0 Å². The molecule has 0 aliphatic carbocycles. The molecule has 3 heteroatoms. The van der Waals surface area contributed by atoms with E-state index in [9.17, 15) is 9.59 Å². The van der Waals surface area contributed by atoms with E-state index in [-0.39, 0.29) is 11.8 Å². The molecular weight excluding hydrogens is 202 g/mol. The number of carbonyl (C=O) groups excluding carboxylic acids is 2. The molecule has 16 heavy (non-hydrogen) atoms. The lowest BCUT2D eigenvalue weighted by Gasteiger charge is -2.29. The average molecular weight is 225 g/mol. The van der Waals surface area contributed by atoms with Gasteiger partial charge in [-0.2, -0.15) is 0 Å². The smallest absolute Gasteiger partial charge is 0.225 e. The lowest BCUT2D eigenvalue weighted by Crippen LogP contribution is -2.41. The number of ketones is 1. The summed E-state index contributed by atoms with van der Waals surface area (Å²) in [6.45, 7) is 5.50. The van der Waals surface area contributed by atoms with Crippen molar-refractivity contribution < 1.29 is 9.59 Å². The van der Waals surface area contributed by atoms with Gasteiger partial charge in [-0.25, -0.2) is 0 Å². The molecule has 1 saturated heterocycles. The van der Waals surface area contributed by atoms with Gasteiger partial charge in [0.25, 0.3) is 0 Å². The molecule has 0 spiro atoms. The lowest BCUT2D eigenvalue weighted by molar-refractivity contribution is -0.138. The van der Waals surface area contributed by atoms with Crippen LogP contribution in [-0.2, 0) is 9.59 Å². The van der Waals surface area contributed by atoms with Gasteiger partial charge >= 0.3 is 0 Å². The molecular formula is C13H23NO2. The van der Waals surface area contributed by atoms with E-state index in [1.165, 1.54) is 0 Å². The minimum atomic E-state index is 0.174. The molecule has 0 bridgehead atoms. The van der Waals surface area contributed by atoms with Crippen LogP contribution in [0.1, 0.15) is 52.4 Å². The van der Waals surface area contributed by atoms with Crippen LogP contribution in [0.2, 0.25) is 0 Å². The Morgan fingerprint density at radius 1 is 1.31 bits per heavy atom. The number of piperidine rings is 1. The van der Waals surface area contributed by atoms with Crippen molar-refractivity contribution >= 4 is 11.7 Å². The highest BCUT2D eigenvalue weighted by atomic mass is 16.2. The summed E-state index contributed by atoms with van der Waals surface area (Å²) in [5.74, 6) is 0.738. The Kier molecular flexibility index (Phi) is 5.50. The SMILES string of the molecule is CCCCC(CC)C(=O)N1CCC(=O)CC1. The van der Waals surface area contributed by atoms with Crippen LogP contribution in [-0.4, -0.2) is 29.7 Å². The first-order valence-electron chi connectivity index (χ1n) is 6.49. The maximum atomic E-state index is 12.2. The number of unbranched alkanes of at least 4 members (excludes halogenated alkanes) is 1. The molecule has 1 aliphatic heterocycles. The third-order valence-electron chi connectivity index (χ3n) is 3.38. The van der Waals surface area contributed by atoms with E-state index in [2.05, 4.69) is 13.8 Å². The Balaban J connectivity index is 2.44. The highest BCUT2D eigenvalue weighted by Crippen LogP contribution is 2.18. The van der Waals surface area contributed by atoms with Gasteiger partial charge in [0.15, 0.2) is 0 Å². The minimum absolute atomic E-state index is 0.174. The normalized spacial score (nSPS) is 18.6. The zero-order valence-corrected chi connectivity index (χ0v) is 10.5. The van der Waals surface area contributed by atoms with Crippen LogP contribution >= 0.6 is 0 Å². The van der Waals surface area contributed by atoms with Crippen molar-refractivity contribution in [2.75, 3.05) is 13.1 Å². The molecule has 0 radical (unpaired) electrons. The van der Waals surface area contributed by atoms with Crippen LogP contribution in [0.3, 0.4) is 0 Å². The van der Waals surface area contributed by atoms with Gasteiger partial charge in [0, 0.05) is 31.8 Å². The van der Waals surface area contributed by atoms with E-state index >= 15 is 0 Å². The van der Waals surface area contributed by atoms with Crippen LogP contribution in [0.25, 0.3) is 0 Å². The Labute approximate surface area is 98.2 Å². The van der Waals surface area contributed by atoms with E-state index in [1.54, 1.807) is 0 Å². The fourth-order valence-electron chi connectivity index (χ4n) is 2.19. The summed E-state index contributed by atoms with van der Waals surface area (Å²) in [5.41, 5.74) is 0. The molecule has 1 heterocycles. The van der Waals surface area contributed by atoms with Crippen molar-refractivity contribution in [1.29, 1.82) is 0 Å². The zero-order chi connectivity index (χ0) is 12.0. The zero-order valence-electron chi connectivity index (χ0n) is 10.5.